The average Bonchev–Trinajstić information content (AvgIpc) is 3.18. The summed E-state index contributed by atoms with van der Waals surface area (Å²) in [5.74, 6) is 0.701. The fraction of sp³-hybridized carbons (Fsp3) is 0.133. The van der Waals surface area contributed by atoms with Gasteiger partial charge in [-0.2, -0.15) is 0 Å². The molecule has 0 bridgehead atoms. The van der Waals surface area contributed by atoms with E-state index in [1.54, 1.807) is 18.2 Å². The van der Waals surface area contributed by atoms with Crippen LogP contribution < -0.4 is 5.32 Å². The zero-order valence-electron chi connectivity index (χ0n) is 11.8. The molecular weight excluding hydrogens is 357 g/mol. The molecule has 3 rings (SSSR count). The van der Waals surface area contributed by atoms with Crippen molar-refractivity contribution in [3.8, 4) is 10.8 Å². The van der Waals surface area contributed by atoms with E-state index >= 15 is 0 Å². The van der Waals surface area contributed by atoms with Gasteiger partial charge in [0.1, 0.15) is 0 Å². The lowest BCUT2D eigenvalue weighted by Crippen LogP contribution is -2.12. The SMILES string of the molecule is O=C(CCc1nnc(-c2cccs2)o1)Nc1ccc(Cl)cc1Cl. The number of nitrogens with zero attached hydrogens (tertiary/aromatic N) is 2. The number of anilines is 1. The summed E-state index contributed by atoms with van der Waals surface area (Å²) in [5.41, 5.74) is 0.519. The normalized spacial score (nSPS) is 10.7. The van der Waals surface area contributed by atoms with Crippen LogP contribution in [0.2, 0.25) is 10.0 Å². The van der Waals surface area contributed by atoms with Gasteiger partial charge in [-0.25, -0.2) is 0 Å². The van der Waals surface area contributed by atoms with Gasteiger partial charge in [0.25, 0.3) is 5.89 Å². The van der Waals surface area contributed by atoms with Crippen LogP contribution in [0.15, 0.2) is 40.1 Å². The van der Waals surface area contributed by atoms with Gasteiger partial charge in [-0.05, 0) is 29.6 Å². The topological polar surface area (TPSA) is 68.0 Å². The molecule has 0 aliphatic carbocycles. The molecule has 1 aromatic carbocycles. The smallest absolute Gasteiger partial charge is 0.257 e. The summed E-state index contributed by atoms with van der Waals surface area (Å²) in [4.78, 5) is 12.9. The zero-order chi connectivity index (χ0) is 16.2. The number of amides is 1. The minimum Gasteiger partial charge on any atom is -0.420 e. The lowest BCUT2D eigenvalue weighted by Gasteiger charge is -2.06. The van der Waals surface area contributed by atoms with E-state index in [0.717, 1.165) is 4.88 Å². The van der Waals surface area contributed by atoms with E-state index in [9.17, 15) is 4.79 Å². The summed E-state index contributed by atoms with van der Waals surface area (Å²) in [6.45, 7) is 0. The van der Waals surface area contributed by atoms with Crippen molar-refractivity contribution in [3.63, 3.8) is 0 Å². The largest absolute Gasteiger partial charge is 0.420 e. The lowest BCUT2D eigenvalue weighted by molar-refractivity contribution is -0.116. The molecule has 0 saturated heterocycles. The summed E-state index contributed by atoms with van der Waals surface area (Å²) < 4.78 is 5.53. The second-order valence-corrected chi connectivity index (χ2v) is 6.44. The van der Waals surface area contributed by atoms with Crippen molar-refractivity contribution in [2.45, 2.75) is 12.8 Å². The van der Waals surface area contributed by atoms with E-state index < -0.39 is 0 Å². The Morgan fingerprint density at radius 1 is 1.26 bits per heavy atom. The van der Waals surface area contributed by atoms with Gasteiger partial charge in [-0.3, -0.25) is 4.79 Å². The van der Waals surface area contributed by atoms with Crippen molar-refractivity contribution in [1.82, 2.24) is 10.2 Å². The molecule has 0 unspecified atom stereocenters. The van der Waals surface area contributed by atoms with E-state index in [0.29, 0.717) is 33.9 Å². The number of rotatable bonds is 5. The molecular formula is C15H11Cl2N3O2S. The molecule has 0 fully saturated rings. The molecule has 1 amide bonds. The van der Waals surface area contributed by atoms with Gasteiger partial charge in [0, 0.05) is 17.9 Å². The van der Waals surface area contributed by atoms with Crippen LogP contribution in [-0.2, 0) is 11.2 Å². The number of carbonyl (C=O) groups is 1. The fourth-order valence-corrected chi connectivity index (χ4v) is 2.98. The molecule has 0 aliphatic rings. The minimum atomic E-state index is -0.190. The quantitative estimate of drug-likeness (QED) is 0.710. The van der Waals surface area contributed by atoms with Gasteiger partial charge in [0.15, 0.2) is 0 Å². The van der Waals surface area contributed by atoms with Crippen LogP contribution in [0.1, 0.15) is 12.3 Å². The number of hydrogen-bond acceptors (Lipinski definition) is 5. The van der Waals surface area contributed by atoms with Crippen LogP contribution in [0.3, 0.4) is 0 Å². The third-order valence-electron chi connectivity index (χ3n) is 2.97. The second-order valence-electron chi connectivity index (χ2n) is 4.65. The monoisotopic (exact) mass is 367 g/mol. The number of halogens is 2. The van der Waals surface area contributed by atoms with E-state index in [1.807, 2.05) is 17.5 Å². The van der Waals surface area contributed by atoms with Gasteiger partial charge in [-0.1, -0.05) is 29.3 Å². The zero-order valence-corrected chi connectivity index (χ0v) is 14.1. The molecule has 0 saturated carbocycles. The number of thiophene rings is 1. The molecule has 0 aliphatic heterocycles. The van der Waals surface area contributed by atoms with Gasteiger partial charge in [0.2, 0.25) is 11.8 Å². The van der Waals surface area contributed by atoms with Crippen molar-refractivity contribution >= 4 is 46.1 Å². The number of hydrogen-bond donors (Lipinski definition) is 1. The molecule has 3 aromatic rings. The van der Waals surface area contributed by atoms with Crippen LogP contribution in [0.5, 0.6) is 0 Å². The third kappa shape index (κ3) is 4.10. The predicted octanol–water partition coefficient (Wildman–Crippen LogP) is 4.68. The first-order valence-corrected chi connectivity index (χ1v) is 8.36. The van der Waals surface area contributed by atoms with Crippen LogP contribution >= 0.6 is 34.5 Å². The summed E-state index contributed by atoms with van der Waals surface area (Å²) in [5, 5.41) is 13.5. The molecule has 2 aromatic heterocycles. The highest BCUT2D eigenvalue weighted by molar-refractivity contribution is 7.13. The number of aryl methyl sites for hydroxylation is 1. The third-order valence-corrected chi connectivity index (χ3v) is 4.38. The first-order valence-electron chi connectivity index (χ1n) is 6.73. The highest BCUT2D eigenvalue weighted by atomic mass is 35.5. The molecule has 1 N–H and O–H groups in total. The van der Waals surface area contributed by atoms with Gasteiger partial charge in [0.05, 0.1) is 15.6 Å². The Kier molecular flexibility index (Phi) is 4.95. The number of aromatic nitrogens is 2. The highest BCUT2D eigenvalue weighted by Crippen LogP contribution is 2.26. The standard InChI is InChI=1S/C15H11Cl2N3O2S/c16-9-3-4-11(10(17)8-9)18-13(21)5-6-14-19-20-15(22-14)12-2-1-7-23-12/h1-4,7-8H,5-6H2,(H,18,21). The molecule has 0 radical (unpaired) electrons. The Hall–Kier alpha value is -1.89. The summed E-state index contributed by atoms with van der Waals surface area (Å²) in [7, 11) is 0. The maximum absolute atomic E-state index is 12.0. The number of benzene rings is 1. The Morgan fingerprint density at radius 3 is 2.87 bits per heavy atom. The van der Waals surface area contributed by atoms with Gasteiger partial charge >= 0.3 is 0 Å². The van der Waals surface area contributed by atoms with E-state index in [2.05, 4.69) is 15.5 Å². The Bertz CT molecular complexity index is 818. The molecule has 8 heteroatoms. The highest BCUT2D eigenvalue weighted by Gasteiger charge is 2.12. The van der Waals surface area contributed by atoms with Gasteiger partial charge in [-0.15, -0.1) is 21.5 Å². The number of nitrogens with one attached hydrogen (secondary N) is 1. The molecule has 118 valence electrons. The van der Waals surface area contributed by atoms with Crippen molar-refractivity contribution in [3.05, 3.63) is 51.6 Å². The number of carbonyl (C=O) groups excluding carboxylic acids is 1. The van der Waals surface area contributed by atoms with Crippen molar-refractivity contribution < 1.29 is 9.21 Å². The summed E-state index contributed by atoms with van der Waals surface area (Å²) in [6.07, 6.45) is 0.570. The first kappa shape index (κ1) is 16.0. The Balaban J connectivity index is 1.57. The van der Waals surface area contributed by atoms with Crippen LogP contribution in [-0.4, -0.2) is 16.1 Å². The van der Waals surface area contributed by atoms with Crippen molar-refractivity contribution in [1.29, 1.82) is 0 Å². The maximum Gasteiger partial charge on any atom is 0.257 e. The minimum absolute atomic E-state index is 0.190. The summed E-state index contributed by atoms with van der Waals surface area (Å²) in [6, 6.07) is 8.70. The van der Waals surface area contributed by atoms with Crippen molar-refractivity contribution in [2.75, 3.05) is 5.32 Å². The average molecular weight is 368 g/mol. The maximum atomic E-state index is 12.0. The predicted molar refractivity (Wildman–Crippen MR) is 91.0 cm³/mol. The second kappa shape index (κ2) is 7.12. The van der Waals surface area contributed by atoms with Crippen LogP contribution in [0, 0.1) is 0 Å². The lowest BCUT2D eigenvalue weighted by atomic mass is 10.2. The molecule has 2 heterocycles. The molecule has 0 spiro atoms. The van der Waals surface area contributed by atoms with E-state index in [4.69, 9.17) is 27.6 Å². The fourth-order valence-electron chi connectivity index (χ4n) is 1.88. The Labute approximate surface area is 146 Å². The van der Waals surface area contributed by atoms with Gasteiger partial charge < -0.3 is 9.73 Å². The Morgan fingerprint density at radius 2 is 2.13 bits per heavy atom. The van der Waals surface area contributed by atoms with E-state index in [1.165, 1.54) is 11.3 Å². The van der Waals surface area contributed by atoms with Crippen molar-refractivity contribution in [2.24, 2.45) is 0 Å². The molecule has 5 nitrogen and oxygen atoms in total. The first-order chi connectivity index (χ1) is 11.1. The van der Waals surface area contributed by atoms with Crippen LogP contribution in [0.4, 0.5) is 5.69 Å². The van der Waals surface area contributed by atoms with Crippen LogP contribution in [0.25, 0.3) is 10.8 Å². The molecule has 0 atom stereocenters. The summed E-state index contributed by atoms with van der Waals surface area (Å²) >= 11 is 13.3. The van der Waals surface area contributed by atoms with E-state index in [-0.39, 0.29) is 12.3 Å². The molecule has 23 heavy (non-hydrogen) atoms.